The fourth-order valence-electron chi connectivity index (χ4n) is 2.10. The summed E-state index contributed by atoms with van der Waals surface area (Å²) >= 11 is 1.63. The molecular formula is C16H19NO2S. The highest BCUT2D eigenvalue weighted by Gasteiger charge is 2.09. The second-order valence-corrected chi connectivity index (χ2v) is 5.84. The zero-order valence-electron chi connectivity index (χ0n) is 12.1. The number of nitrogens with zero attached hydrogens (tertiary/aromatic N) is 1. The van der Waals surface area contributed by atoms with Gasteiger partial charge in [0.05, 0.1) is 17.8 Å². The molecule has 0 amide bonds. The maximum atomic E-state index is 12.1. The topological polar surface area (TPSA) is 39.2 Å². The molecule has 2 aromatic rings. The normalized spacial score (nSPS) is 10.8. The lowest BCUT2D eigenvalue weighted by Gasteiger charge is -2.07. The first-order chi connectivity index (χ1) is 9.58. The SMILES string of the molecule is Cc1ccc(C(=O)COCCc2scnc2C)c(C)c1. The van der Waals surface area contributed by atoms with Gasteiger partial charge in [0.25, 0.3) is 0 Å². The van der Waals surface area contributed by atoms with Gasteiger partial charge in [0, 0.05) is 16.9 Å². The van der Waals surface area contributed by atoms with Gasteiger partial charge >= 0.3 is 0 Å². The summed E-state index contributed by atoms with van der Waals surface area (Å²) < 4.78 is 5.49. The van der Waals surface area contributed by atoms with Crippen molar-refractivity contribution in [3.63, 3.8) is 0 Å². The number of benzene rings is 1. The number of thiazole rings is 1. The van der Waals surface area contributed by atoms with E-state index in [0.29, 0.717) is 6.61 Å². The minimum Gasteiger partial charge on any atom is -0.373 e. The third-order valence-corrected chi connectivity index (χ3v) is 4.23. The average Bonchev–Trinajstić information content (AvgIpc) is 2.80. The van der Waals surface area contributed by atoms with Gasteiger partial charge in [-0.15, -0.1) is 11.3 Å². The number of aryl methyl sites for hydroxylation is 3. The van der Waals surface area contributed by atoms with Crippen LogP contribution in [0, 0.1) is 20.8 Å². The quantitative estimate of drug-likeness (QED) is 0.603. The van der Waals surface area contributed by atoms with E-state index in [1.807, 2.05) is 44.5 Å². The summed E-state index contributed by atoms with van der Waals surface area (Å²) in [5.74, 6) is 0.0449. The van der Waals surface area contributed by atoms with Gasteiger partial charge in [0.2, 0.25) is 0 Å². The number of carbonyl (C=O) groups is 1. The summed E-state index contributed by atoms with van der Waals surface area (Å²) in [5, 5.41) is 0. The van der Waals surface area contributed by atoms with Crippen LogP contribution in [-0.4, -0.2) is 24.0 Å². The van der Waals surface area contributed by atoms with Crippen molar-refractivity contribution in [2.24, 2.45) is 0 Å². The highest BCUT2D eigenvalue weighted by Crippen LogP contribution is 2.13. The molecule has 20 heavy (non-hydrogen) atoms. The van der Waals surface area contributed by atoms with Crippen LogP contribution in [0.25, 0.3) is 0 Å². The predicted molar refractivity (Wildman–Crippen MR) is 81.6 cm³/mol. The van der Waals surface area contributed by atoms with Gasteiger partial charge in [-0.25, -0.2) is 4.98 Å². The highest BCUT2D eigenvalue weighted by atomic mass is 32.1. The molecule has 0 aliphatic rings. The number of ketones is 1. The molecule has 4 heteroatoms. The smallest absolute Gasteiger partial charge is 0.188 e. The largest absolute Gasteiger partial charge is 0.373 e. The van der Waals surface area contributed by atoms with Crippen molar-refractivity contribution in [2.75, 3.05) is 13.2 Å². The number of aromatic nitrogens is 1. The van der Waals surface area contributed by atoms with Crippen molar-refractivity contribution in [1.82, 2.24) is 4.98 Å². The van der Waals surface area contributed by atoms with E-state index in [4.69, 9.17) is 4.74 Å². The lowest BCUT2D eigenvalue weighted by molar-refractivity contribution is 0.0765. The zero-order valence-corrected chi connectivity index (χ0v) is 12.9. The number of hydrogen-bond acceptors (Lipinski definition) is 4. The molecule has 0 saturated heterocycles. The number of hydrogen-bond donors (Lipinski definition) is 0. The van der Waals surface area contributed by atoms with Crippen LogP contribution in [0.1, 0.15) is 32.1 Å². The molecule has 0 saturated carbocycles. The van der Waals surface area contributed by atoms with Crippen LogP contribution >= 0.6 is 11.3 Å². The van der Waals surface area contributed by atoms with Crippen LogP contribution < -0.4 is 0 Å². The van der Waals surface area contributed by atoms with E-state index in [-0.39, 0.29) is 12.4 Å². The van der Waals surface area contributed by atoms with Crippen LogP contribution in [0.15, 0.2) is 23.7 Å². The van der Waals surface area contributed by atoms with Gasteiger partial charge in [-0.3, -0.25) is 4.79 Å². The van der Waals surface area contributed by atoms with Gasteiger partial charge < -0.3 is 4.74 Å². The van der Waals surface area contributed by atoms with Crippen molar-refractivity contribution in [1.29, 1.82) is 0 Å². The van der Waals surface area contributed by atoms with Crippen molar-refractivity contribution in [3.8, 4) is 0 Å². The lowest BCUT2D eigenvalue weighted by Crippen LogP contribution is -2.12. The van der Waals surface area contributed by atoms with E-state index in [1.54, 1.807) is 11.3 Å². The molecule has 1 aromatic heterocycles. The highest BCUT2D eigenvalue weighted by molar-refractivity contribution is 7.09. The number of carbonyl (C=O) groups excluding carboxylic acids is 1. The molecule has 0 aliphatic carbocycles. The summed E-state index contributed by atoms with van der Waals surface area (Å²) in [6.45, 7) is 6.67. The summed E-state index contributed by atoms with van der Waals surface area (Å²) in [6, 6.07) is 5.86. The van der Waals surface area contributed by atoms with Crippen molar-refractivity contribution < 1.29 is 9.53 Å². The Labute approximate surface area is 123 Å². The molecule has 2 rings (SSSR count). The van der Waals surface area contributed by atoms with Gasteiger partial charge in [-0.2, -0.15) is 0 Å². The lowest BCUT2D eigenvalue weighted by atomic mass is 10.0. The first-order valence-corrected chi connectivity index (χ1v) is 7.53. The molecule has 0 fully saturated rings. The molecule has 1 heterocycles. The van der Waals surface area contributed by atoms with Crippen LogP contribution in [0.4, 0.5) is 0 Å². The standard InChI is InChI=1S/C16H19NO2S/c1-11-4-5-14(12(2)8-11)15(18)9-19-7-6-16-13(3)17-10-20-16/h4-5,8,10H,6-7,9H2,1-3H3. The molecule has 0 bridgehead atoms. The van der Waals surface area contributed by atoms with Crippen molar-refractivity contribution in [3.05, 3.63) is 51.0 Å². The average molecular weight is 289 g/mol. The molecule has 0 unspecified atom stereocenters. The van der Waals surface area contributed by atoms with Gasteiger partial charge in [-0.05, 0) is 26.3 Å². The number of rotatable bonds is 6. The van der Waals surface area contributed by atoms with Crippen LogP contribution in [-0.2, 0) is 11.2 Å². The molecule has 0 N–H and O–H groups in total. The van der Waals surface area contributed by atoms with E-state index in [0.717, 1.165) is 23.2 Å². The molecule has 0 atom stereocenters. The molecule has 0 spiro atoms. The monoisotopic (exact) mass is 289 g/mol. The number of Topliss-reactive ketones (excluding diaryl/α,β-unsaturated/α-hetero) is 1. The molecule has 106 valence electrons. The Kier molecular flexibility index (Phi) is 5.04. The Balaban J connectivity index is 1.82. The predicted octanol–water partition coefficient (Wildman–Crippen LogP) is 3.51. The second-order valence-electron chi connectivity index (χ2n) is 4.91. The first-order valence-electron chi connectivity index (χ1n) is 6.65. The van der Waals surface area contributed by atoms with E-state index in [2.05, 4.69) is 4.98 Å². The van der Waals surface area contributed by atoms with Gasteiger partial charge in [0.15, 0.2) is 5.78 Å². The van der Waals surface area contributed by atoms with Gasteiger partial charge in [-0.1, -0.05) is 23.8 Å². The number of ether oxygens (including phenoxy) is 1. The van der Waals surface area contributed by atoms with Crippen molar-refractivity contribution in [2.45, 2.75) is 27.2 Å². The van der Waals surface area contributed by atoms with E-state index >= 15 is 0 Å². The molecule has 0 aliphatic heterocycles. The Morgan fingerprint density at radius 2 is 2.10 bits per heavy atom. The summed E-state index contributed by atoms with van der Waals surface area (Å²) in [5.41, 5.74) is 5.83. The van der Waals surface area contributed by atoms with E-state index < -0.39 is 0 Å². The first kappa shape index (κ1) is 14.9. The summed E-state index contributed by atoms with van der Waals surface area (Å²) in [6.07, 6.45) is 0.816. The van der Waals surface area contributed by atoms with Crippen LogP contribution in [0.5, 0.6) is 0 Å². The fraction of sp³-hybridized carbons (Fsp3) is 0.375. The minimum atomic E-state index is 0.0449. The second kappa shape index (κ2) is 6.77. The Morgan fingerprint density at radius 1 is 1.30 bits per heavy atom. The zero-order chi connectivity index (χ0) is 14.5. The van der Waals surface area contributed by atoms with Crippen LogP contribution in [0.2, 0.25) is 0 Å². The van der Waals surface area contributed by atoms with Crippen LogP contribution in [0.3, 0.4) is 0 Å². The Morgan fingerprint density at radius 3 is 2.75 bits per heavy atom. The third-order valence-electron chi connectivity index (χ3n) is 3.23. The van der Waals surface area contributed by atoms with E-state index in [9.17, 15) is 4.79 Å². The maximum Gasteiger partial charge on any atom is 0.188 e. The Hall–Kier alpha value is -1.52. The van der Waals surface area contributed by atoms with Crippen molar-refractivity contribution >= 4 is 17.1 Å². The summed E-state index contributed by atoms with van der Waals surface area (Å²) in [4.78, 5) is 17.5. The van der Waals surface area contributed by atoms with Gasteiger partial charge in [0.1, 0.15) is 6.61 Å². The van der Waals surface area contributed by atoms with E-state index in [1.165, 1.54) is 10.4 Å². The Bertz CT molecular complexity index is 604. The maximum absolute atomic E-state index is 12.1. The fourth-order valence-corrected chi connectivity index (χ4v) is 2.86. The third kappa shape index (κ3) is 3.74. The minimum absolute atomic E-state index is 0.0449. The molecule has 0 radical (unpaired) electrons. The summed E-state index contributed by atoms with van der Waals surface area (Å²) in [7, 11) is 0. The molecule has 1 aromatic carbocycles. The molecule has 3 nitrogen and oxygen atoms in total. The molecular weight excluding hydrogens is 270 g/mol.